The third-order valence-electron chi connectivity index (χ3n) is 3.71. The number of piperidine rings is 1. The van der Waals surface area contributed by atoms with Crippen molar-refractivity contribution in [1.29, 1.82) is 0 Å². The Kier molecular flexibility index (Phi) is 4.25. The maximum absolute atomic E-state index is 11.1. The van der Waals surface area contributed by atoms with Crippen molar-refractivity contribution >= 4 is 21.5 Å². The van der Waals surface area contributed by atoms with Crippen LogP contribution in [0.4, 0.5) is 5.82 Å². The molecule has 3 heterocycles. The smallest absolute Gasteiger partial charge is 0.208 e. The summed E-state index contributed by atoms with van der Waals surface area (Å²) in [4.78, 5) is 2.27. The van der Waals surface area contributed by atoms with Gasteiger partial charge in [-0.25, -0.2) is 13.1 Å². The first kappa shape index (κ1) is 15.2. The van der Waals surface area contributed by atoms with Gasteiger partial charge in [-0.3, -0.25) is 0 Å². The highest BCUT2D eigenvalue weighted by Crippen LogP contribution is 2.17. The van der Waals surface area contributed by atoms with Crippen molar-refractivity contribution in [2.75, 3.05) is 30.8 Å². The van der Waals surface area contributed by atoms with Gasteiger partial charge >= 0.3 is 0 Å². The molecule has 0 saturated carbocycles. The fourth-order valence-corrected chi connectivity index (χ4v) is 3.09. The topological polar surface area (TPSA) is 92.5 Å². The summed E-state index contributed by atoms with van der Waals surface area (Å²) in [6, 6.07) is 3.87. The molecule has 1 aliphatic heterocycles. The van der Waals surface area contributed by atoms with E-state index in [0.29, 0.717) is 17.9 Å². The molecule has 0 aromatic carbocycles. The predicted molar refractivity (Wildman–Crippen MR) is 83.4 cm³/mol. The van der Waals surface area contributed by atoms with Crippen molar-refractivity contribution in [3.05, 3.63) is 18.0 Å². The summed E-state index contributed by atoms with van der Waals surface area (Å²) in [7, 11) is -3.19. The fourth-order valence-electron chi connectivity index (χ4n) is 2.62. The van der Waals surface area contributed by atoms with Gasteiger partial charge in [0.05, 0.1) is 6.26 Å². The van der Waals surface area contributed by atoms with Crippen molar-refractivity contribution in [1.82, 2.24) is 24.5 Å². The normalized spacial score (nSPS) is 16.3. The number of hydrogen-bond acceptors (Lipinski definition) is 6. The molecule has 8 nitrogen and oxygen atoms in total. The second-order valence-electron chi connectivity index (χ2n) is 5.54. The van der Waals surface area contributed by atoms with Gasteiger partial charge in [0.15, 0.2) is 11.5 Å². The van der Waals surface area contributed by atoms with Crippen LogP contribution in [0.1, 0.15) is 25.1 Å². The van der Waals surface area contributed by atoms with Crippen molar-refractivity contribution in [2.45, 2.75) is 25.7 Å². The van der Waals surface area contributed by atoms with Gasteiger partial charge in [0, 0.05) is 26.1 Å². The highest BCUT2D eigenvalue weighted by molar-refractivity contribution is 7.88. The molecule has 0 aliphatic carbocycles. The van der Waals surface area contributed by atoms with Crippen LogP contribution in [0, 0.1) is 0 Å². The molecule has 0 spiro atoms. The van der Waals surface area contributed by atoms with Gasteiger partial charge in [-0.2, -0.15) is 4.52 Å². The van der Waals surface area contributed by atoms with Crippen LogP contribution in [0.15, 0.2) is 12.1 Å². The lowest BCUT2D eigenvalue weighted by Gasteiger charge is -2.27. The number of nitrogens with one attached hydrogen (secondary N) is 1. The van der Waals surface area contributed by atoms with Crippen molar-refractivity contribution in [3.8, 4) is 0 Å². The first-order valence-electron chi connectivity index (χ1n) is 7.44. The maximum Gasteiger partial charge on any atom is 0.208 e. The SMILES string of the molecule is CS(=O)(=O)NCCc1nnc2ccc(N3CCCCC3)nn12. The zero-order valence-electron chi connectivity index (χ0n) is 12.6. The van der Waals surface area contributed by atoms with E-state index in [1.54, 1.807) is 4.52 Å². The standard InChI is InChI=1S/C13H20N6O2S/c1-22(20,21)14-8-7-12-16-15-11-5-6-13(17-19(11)12)18-9-3-2-4-10-18/h5-6,14H,2-4,7-10H2,1H3. The molecule has 0 atom stereocenters. The number of nitrogens with zero attached hydrogens (tertiary/aromatic N) is 5. The van der Waals surface area contributed by atoms with Crippen LogP contribution in [-0.4, -0.2) is 54.1 Å². The average molecular weight is 324 g/mol. The summed E-state index contributed by atoms with van der Waals surface area (Å²) >= 11 is 0. The molecule has 120 valence electrons. The molecule has 0 amide bonds. The summed E-state index contributed by atoms with van der Waals surface area (Å²) in [5.74, 6) is 1.58. The number of rotatable bonds is 5. The molecule has 3 rings (SSSR count). The Hall–Kier alpha value is -1.74. The number of sulfonamides is 1. The summed E-state index contributed by atoms with van der Waals surface area (Å²) in [5.41, 5.74) is 0.676. The fraction of sp³-hybridized carbons (Fsp3) is 0.615. The van der Waals surface area contributed by atoms with Crippen LogP contribution >= 0.6 is 0 Å². The molecule has 2 aromatic heterocycles. The Morgan fingerprint density at radius 3 is 2.68 bits per heavy atom. The van der Waals surface area contributed by atoms with E-state index in [-0.39, 0.29) is 6.54 Å². The summed E-state index contributed by atoms with van der Waals surface area (Å²) < 4.78 is 26.4. The molecular weight excluding hydrogens is 304 g/mol. The molecule has 1 fully saturated rings. The summed E-state index contributed by atoms with van der Waals surface area (Å²) in [5, 5.41) is 12.8. The van der Waals surface area contributed by atoms with Gasteiger partial charge in [-0.1, -0.05) is 0 Å². The van der Waals surface area contributed by atoms with Gasteiger partial charge in [-0.15, -0.1) is 15.3 Å². The number of fused-ring (bicyclic) bond motifs is 1. The Morgan fingerprint density at radius 2 is 1.95 bits per heavy atom. The van der Waals surface area contributed by atoms with E-state index in [9.17, 15) is 8.42 Å². The Balaban J connectivity index is 1.79. The first-order valence-corrected chi connectivity index (χ1v) is 9.33. The highest BCUT2D eigenvalue weighted by atomic mass is 32.2. The van der Waals surface area contributed by atoms with Crippen molar-refractivity contribution < 1.29 is 8.42 Å². The molecule has 22 heavy (non-hydrogen) atoms. The van der Waals surface area contributed by atoms with Crippen molar-refractivity contribution in [3.63, 3.8) is 0 Å². The van der Waals surface area contributed by atoms with Gasteiger partial charge < -0.3 is 4.90 Å². The molecule has 1 N–H and O–H groups in total. The molecule has 0 unspecified atom stereocenters. The van der Waals surface area contributed by atoms with Crippen LogP contribution in [0.3, 0.4) is 0 Å². The third kappa shape index (κ3) is 3.53. The predicted octanol–water partition coefficient (Wildman–Crippen LogP) is 0.206. The van der Waals surface area contributed by atoms with Crippen LogP contribution < -0.4 is 9.62 Å². The zero-order chi connectivity index (χ0) is 15.6. The minimum Gasteiger partial charge on any atom is -0.355 e. The lowest BCUT2D eigenvalue weighted by atomic mass is 10.1. The van der Waals surface area contributed by atoms with Gasteiger partial charge in [0.25, 0.3) is 0 Å². The first-order chi connectivity index (χ1) is 10.5. The number of hydrogen-bond donors (Lipinski definition) is 1. The average Bonchev–Trinajstić information content (AvgIpc) is 2.89. The number of anilines is 1. The lowest BCUT2D eigenvalue weighted by molar-refractivity contribution is 0.569. The van der Waals surface area contributed by atoms with E-state index in [1.807, 2.05) is 12.1 Å². The largest absolute Gasteiger partial charge is 0.355 e. The van der Waals surface area contributed by atoms with E-state index in [4.69, 9.17) is 0 Å². The minimum absolute atomic E-state index is 0.287. The van der Waals surface area contributed by atoms with Crippen LogP contribution in [-0.2, 0) is 16.4 Å². The van der Waals surface area contributed by atoms with Crippen LogP contribution in [0.2, 0.25) is 0 Å². The van der Waals surface area contributed by atoms with E-state index >= 15 is 0 Å². The van der Waals surface area contributed by atoms with E-state index < -0.39 is 10.0 Å². The second-order valence-corrected chi connectivity index (χ2v) is 7.37. The quantitative estimate of drug-likeness (QED) is 0.845. The van der Waals surface area contributed by atoms with Gasteiger partial charge in [0.1, 0.15) is 5.82 Å². The summed E-state index contributed by atoms with van der Waals surface area (Å²) in [6.45, 7) is 2.33. The van der Waals surface area contributed by atoms with E-state index in [1.165, 1.54) is 19.3 Å². The zero-order valence-corrected chi connectivity index (χ0v) is 13.4. The second kappa shape index (κ2) is 6.17. The Labute approximate surface area is 129 Å². The van der Waals surface area contributed by atoms with Crippen LogP contribution in [0.5, 0.6) is 0 Å². The highest BCUT2D eigenvalue weighted by Gasteiger charge is 2.14. The van der Waals surface area contributed by atoms with E-state index in [0.717, 1.165) is 25.2 Å². The van der Waals surface area contributed by atoms with Crippen molar-refractivity contribution in [2.24, 2.45) is 0 Å². The summed E-state index contributed by atoms with van der Waals surface area (Å²) in [6.07, 6.45) is 5.24. The molecule has 0 radical (unpaired) electrons. The molecule has 2 aromatic rings. The molecule has 1 aliphatic rings. The molecule has 1 saturated heterocycles. The number of aromatic nitrogens is 4. The minimum atomic E-state index is -3.19. The van der Waals surface area contributed by atoms with Gasteiger partial charge in [0.2, 0.25) is 10.0 Å². The molecule has 0 bridgehead atoms. The lowest BCUT2D eigenvalue weighted by Crippen LogP contribution is -2.30. The third-order valence-corrected chi connectivity index (χ3v) is 4.43. The molecular formula is C13H20N6O2S. The Bertz CT molecular complexity index is 751. The van der Waals surface area contributed by atoms with Crippen LogP contribution in [0.25, 0.3) is 5.65 Å². The Morgan fingerprint density at radius 1 is 1.18 bits per heavy atom. The van der Waals surface area contributed by atoms with Gasteiger partial charge in [-0.05, 0) is 31.4 Å². The molecule has 9 heteroatoms. The maximum atomic E-state index is 11.1. The monoisotopic (exact) mass is 324 g/mol. The van der Waals surface area contributed by atoms with E-state index in [2.05, 4.69) is 24.9 Å².